The van der Waals surface area contributed by atoms with Gasteiger partial charge in [-0.1, -0.05) is 0 Å². The Kier molecular flexibility index (Phi) is 4.12. The fraction of sp³-hybridized carbons (Fsp3) is 0.250. The highest BCUT2D eigenvalue weighted by Crippen LogP contribution is 2.23. The van der Waals surface area contributed by atoms with Crippen molar-refractivity contribution < 1.29 is 4.79 Å². The van der Waals surface area contributed by atoms with Gasteiger partial charge in [0.05, 0.1) is 16.6 Å². The van der Waals surface area contributed by atoms with E-state index in [0.29, 0.717) is 17.9 Å². The molecule has 1 N–H and O–H groups in total. The van der Waals surface area contributed by atoms with Crippen LogP contribution in [0.15, 0.2) is 28.9 Å². The summed E-state index contributed by atoms with van der Waals surface area (Å²) in [6, 6.07) is 5.36. The van der Waals surface area contributed by atoms with E-state index in [9.17, 15) is 4.79 Å². The standard InChI is InChI=1S/C16H16BrN5O/c1-4-22-15-14(10(3)21-22)12(7-9(2)19-15)16(23)20-13-6-5-11(17)8-18-13/h5-8H,4H2,1-3H3,(H,18,20,23). The van der Waals surface area contributed by atoms with E-state index in [4.69, 9.17) is 0 Å². The lowest BCUT2D eigenvalue weighted by atomic mass is 10.1. The van der Waals surface area contributed by atoms with Gasteiger partial charge in [0.15, 0.2) is 5.65 Å². The first kappa shape index (κ1) is 15.6. The van der Waals surface area contributed by atoms with Crippen molar-refractivity contribution >= 4 is 38.7 Å². The van der Waals surface area contributed by atoms with Crippen molar-refractivity contribution in [2.75, 3.05) is 5.32 Å². The summed E-state index contributed by atoms with van der Waals surface area (Å²) in [6.45, 7) is 6.47. The first-order valence-corrected chi connectivity index (χ1v) is 8.06. The second-order valence-corrected chi connectivity index (χ2v) is 6.14. The fourth-order valence-corrected chi connectivity index (χ4v) is 2.75. The molecule has 6 nitrogen and oxygen atoms in total. The van der Waals surface area contributed by atoms with Crippen LogP contribution in [-0.2, 0) is 6.54 Å². The monoisotopic (exact) mass is 373 g/mol. The maximum atomic E-state index is 12.7. The SMILES string of the molecule is CCn1nc(C)c2c(C(=O)Nc3ccc(Br)cn3)cc(C)nc21. The highest BCUT2D eigenvalue weighted by atomic mass is 79.9. The number of nitrogens with zero attached hydrogens (tertiary/aromatic N) is 4. The van der Waals surface area contributed by atoms with Crippen molar-refractivity contribution in [3.63, 3.8) is 0 Å². The average Bonchev–Trinajstić information content (AvgIpc) is 2.84. The smallest absolute Gasteiger partial charge is 0.257 e. The maximum Gasteiger partial charge on any atom is 0.257 e. The van der Waals surface area contributed by atoms with Crippen LogP contribution in [0.1, 0.15) is 28.7 Å². The molecule has 0 aliphatic rings. The van der Waals surface area contributed by atoms with Crippen LogP contribution in [0.3, 0.4) is 0 Å². The molecule has 23 heavy (non-hydrogen) atoms. The van der Waals surface area contributed by atoms with Crippen LogP contribution in [0.4, 0.5) is 5.82 Å². The Labute approximate surface area is 142 Å². The van der Waals surface area contributed by atoms with Gasteiger partial charge in [0.1, 0.15) is 5.82 Å². The number of hydrogen-bond donors (Lipinski definition) is 1. The van der Waals surface area contributed by atoms with E-state index in [1.165, 1.54) is 0 Å². The molecule has 3 rings (SSSR count). The molecule has 0 radical (unpaired) electrons. The predicted octanol–water partition coefficient (Wildman–Crippen LogP) is 3.48. The summed E-state index contributed by atoms with van der Waals surface area (Å²) in [5.41, 5.74) is 2.87. The minimum Gasteiger partial charge on any atom is -0.307 e. The number of nitrogens with one attached hydrogen (secondary N) is 1. The van der Waals surface area contributed by atoms with Gasteiger partial charge in [0.25, 0.3) is 5.91 Å². The third-order valence-electron chi connectivity index (χ3n) is 3.52. The Morgan fingerprint density at radius 2 is 2.13 bits per heavy atom. The van der Waals surface area contributed by atoms with Crippen LogP contribution in [0.25, 0.3) is 11.0 Å². The molecule has 118 valence electrons. The minimum atomic E-state index is -0.214. The molecule has 0 bridgehead atoms. The van der Waals surface area contributed by atoms with Gasteiger partial charge in [0.2, 0.25) is 0 Å². The largest absolute Gasteiger partial charge is 0.307 e. The second-order valence-electron chi connectivity index (χ2n) is 5.23. The topological polar surface area (TPSA) is 72.7 Å². The van der Waals surface area contributed by atoms with Gasteiger partial charge in [-0.3, -0.25) is 4.79 Å². The molecule has 0 saturated heterocycles. The molecule has 0 unspecified atom stereocenters. The molecular weight excluding hydrogens is 358 g/mol. The molecule has 0 atom stereocenters. The van der Waals surface area contributed by atoms with Gasteiger partial charge in [-0.15, -0.1) is 0 Å². The zero-order chi connectivity index (χ0) is 16.6. The van der Waals surface area contributed by atoms with Crippen LogP contribution in [-0.4, -0.2) is 25.7 Å². The number of carbonyl (C=O) groups is 1. The quantitative estimate of drug-likeness (QED) is 0.762. The molecule has 0 aliphatic heterocycles. The van der Waals surface area contributed by atoms with Crippen LogP contribution >= 0.6 is 15.9 Å². The van der Waals surface area contributed by atoms with E-state index in [-0.39, 0.29) is 5.91 Å². The van der Waals surface area contributed by atoms with Gasteiger partial charge in [-0.05, 0) is 54.9 Å². The minimum absolute atomic E-state index is 0.214. The molecule has 3 aromatic rings. The molecule has 3 heterocycles. The first-order valence-electron chi connectivity index (χ1n) is 7.27. The Balaban J connectivity index is 2.06. The number of aromatic nitrogens is 4. The fourth-order valence-electron chi connectivity index (χ4n) is 2.51. The van der Waals surface area contributed by atoms with E-state index in [1.807, 2.05) is 31.5 Å². The van der Waals surface area contributed by atoms with Crippen molar-refractivity contribution in [3.05, 3.63) is 45.8 Å². The number of pyridine rings is 2. The van der Waals surface area contributed by atoms with Gasteiger partial charge < -0.3 is 5.32 Å². The van der Waals surface area contributed by atoms with Crippen LogP contribution in [0.5, 0.6) is 0 Å². The summed E-state index contributed by atoms with van der Waals surface area (Å²) in [5, 5.41) is 8.07. The van der Waals surface area contributed by atoms with Crippen LogP contribution < -0.4 is 5.32 Å². The predicted molar refractivity (Wildman–Crippen MR) is 92.6 cm³/mol. The Hall–Kier alpha value is -2.28. The van der Waals surface area contributed by atoms with Gasteiger partial charge in [-0.25, -0.2) is 14.6 Å². The van der Waals surface area contributed by atoms with Crippen molar-refractivity contribution in [1.82, 2.24) is 19.7 Å². The lowest BCUT2D eigenvalue weighted by molar-refractivity contribution is 0.102. The number of halogens is 1. The number of rotatable bonds is 3. The van der Waals surface area contributed by atoms with E-state index < -0.39 is 0 Å². The van der Waals surface area contributed by atoms with Gasteiger partial charge in [0, 0.05) is 22.9 Å². The van der Waals surface area contributed by atoms with Crippen molar-refractivity contribution in [1.29, 1.82) is 0 Å². The molecular formula is C16H16BrN5O. The second kappa shape index (κ2) is 6.08. The molecule has 0 fully saturated rings. The first-order chi connectivity index (χ1) is 11.0. The van der Waals surface area contributed by atoms with Crippen molar-refractivity contribution in [2.45, 2.75) is 27.3 Å². The zero-order valence-electron chi connectivity index (χ0n) is 13.1. The van der Waals surface area contributed by atoms with Gasteiger partial charge >= 0.3 is 0 Å². The number of amides is 1. The Bertz CT molecular complexity index is 886. The highest BCUT2D eigenvalue weighted by molar-refractivity contribution is 9.10. The molecule has 1 amide bonds. The normalized spacial score (nSPS) is 11.0. The number of aryl methyl sites for hydroxylation is 3. The van der Waals surface area contributed by atoms with Crippen molar-refractivity contribution in [3.8, 4) is 0 Å². The van der Waals surface area contributed by atoms with Gasteiger partial charge in [-0.2, -0.15) is 5.10 Å². The highest BCUT2D eigenvalue weighted by Gasteiger charge is 2.18. The summed E-state index contributed by atoms with van der Waals surface area (Å²) in [7, 11) is 0. The molecule has 3 aromatic heterocycles. The van der Waals surface area contributed by atoms with Crippen LogP contribution in [0.2, 0.25) is 0 Å². The molecule has 0 spiro atoms. The summed E-state index contributed by atoms with van der Waals surface area (Å²) in [6.07, 6.45) is 1.64. The third kappa shape index (κ3) is 2.96. The molecule has 0 aliphatic carbocycles. The van der Waals surface area contributed by atoms with E-state index in [2.05, 4.69) is 36.3 Å². The number of fused-ring (bicyclic) bond motifs is 1. The number of carbonyl (C=O) groups excluding carboxylic acids is 1. The van der Waals surface area contributed by atoms with E-state index >= 15 is 0 Å². The summed E-state index contributed by atoms with van der Waals surface area (Å²) >= 11 is 3.32. The summed E-state index contributed by atoms with van der Waals surface area (Å²) in [5.74, 6) is 0.287. The molecule has 7 heteroatoms. The number of anilines is 1. The van der Waals surface area contributed by atoms with Crippen LogP contribution in [0, 0.1) is 13.8 Å². The summed E-state index contributed by atoms with van der Waals surface area (Å²) < 4.78 is 2.67. The lowest BCUT2D eigenvalue weighted by Crippen LogP contribution is -2.14. The van der Waals surface area contributed by atoms with E-state index in [1.54, 1.807) is 18.3 Å². The zero-order valence-corrected chi connectivity index (χ0v) is 14.7. The maximum absolute atomic E-state index is 12.7. The third-order valence-corrected chi connectivity index (χ3v) is 3.99. The summed E-state index contributed by atoms with van der Waals surface area (Å²) in [4.78, 5) is 21.4. The average molecular weight is 374 g/mol. The lowest BCUT2D eigenvalue weighted by Gasteiger charge is -2.07. The molecule has 0 saturated carbocycles. The Morgan fingerprint density at radius 3 is 2.78 bits per heavy atom. The number of hydrogen-bond acceptors (Lipinski definition) is 4. The Morgan fingerprint density at radius 1 is 1.35 bits per heavy atom. The van der Waals surface area contributed by atoms with Crippen molar-refractivity contribution in [2.24, 2.45) is 0 Å². The van der Waals surface area contributed by atoms with E-state index in [0.717, 1.165) is 26.9 Å². The molecule has 0 aromatic carbocycles.